The second kappa shape index (κ2) is 6.36. The van der Waals surface area contributed by atoms with E-state index in [1.54, 1.807) is 0 Å². The van der Waals surface area contributed by atoms with E-state index in [0.717, 1.165) is 0 Å². The summed E-state index contributed by atoms with van der Waals surface area (Å²) in [6, 6.07) is 5.35. The van der Waals surface area contributed by atoms with Crippen LogP contribution in [0.4, 0.5) is 0 Å². The summed E-state index contributed by atoms with van der Waals surface area (Å²) >= 11 is 0. The number of phenols is 1. The fraction of sp³-hybridized carbons (Fsp3) is 0.385. The lowest BCUT2D eigenvalue weighted by atomic mass is 9.89. The second-order valence-corrected chi connectivity index (χ2v) is 4.23. The van der Waals surface area contributed by atoms with Gasteiger partial charge in [0.15, 0.2) is 6.10 Å². The summed E-state index contributed by atoms with van der Waals surface area (Å²) in [6.07, 6.45) is -2.73. The number of aliphatic hydroxyl groups is 2. The molecule has 1 rings (SSSR count). The molecular formula is C13H16O7. The number of carboxylic acid groups (broad SMARTS) is 1. The molecule has 20 heavy (non-hydrogen) atoms. The van der Waals surface area contributed by atoms with Gasteiger partial charge in [0.25, 0.3) is 0 Å². The van der Waals surface area contributed by atoms with Gasteiger partial charge in [-0.3, -0.25) is 0 Å². The van der Waals surface area contributed by atoms with Gasteiger partial charge >= 0.3 is 11.9 Å². The van der Waals surface area contributed by atoms with Gasteiger partial charge in [0.05, 0.1) is 6.61 Å². The van der Waals surface area contributed by atoms with Crippen LogP contribution in [-0.2, 0) is 20.7 Å². The fourth-order valence-electron chi connectivity index (χ4n) is 1.63. The van der Waals surface area contributed by atoms with E-state index < -0.39 is 30.1 Å². The molecule has 7 heteroatoms. The van der Waals surface area contributed by atoms with Crippen molar-refractivity contribution in [1.82, 2.24) is 0 Å². The number of ether oxygens (including phenoxy) is 1. The van der Waals surface area contributed by atoms with Crippen LogP contribution in [0, 0.1) is 0 Å². The Kier molecular flexibility index (Phi) is 5.06. The number of phenolic OH excluding ortho intramolecular Hbond substituents is 1. The third-order valence-corrected chi connectivity index (χ3v) is 2.74. The second-order valence-electron chi connectivity index (χ2n) is 4.23. The molecule has 0 amide bonds. The van der Waals surface area contributed by atoms with Crippen molar-refractivity contribution < 1.29 is 34.8 Å². The van der Waals surface area contributed by atoms with Crippen LogP contribution in [0.15, 0.2) is 24.3 Å². The van der Waals surface area contributed by atoms with Gasteiger partial charge in [0.2, 0.25) is 5.60 Å². The summed E-state index contributed by atoms with van der Waals surface area (Å²) in [5.41, 5.74) is -2.38. The Labute approximate surface area is 115 Å². The molecule has 0 fully saturated rings. The SMILES string of the molecule is CCOC(=O)C(O)C(O)(Cc1ccc(O)cc1)C(=O)O. The topological polar surface area (TPSA) is 124 Å². The van der Waals surface area contributed by atoms with Gasteiger partial charge in [-0.25, -0.2) is 9.59 Å². The first-order valence-corrected chi connectivity index (χ1v) is 5.89. The van der Waals surface area contributed by atoms with Crippen molar-refractivity contribution in [2.45, 2.75) is 25.0 Å². The van der Waals surface area contributed by atoms with Crippen molar-refractivity contribution in [2.24, 2.45) is 0 Å². The van der Waals surface area contributed by atoms with E-state index >= 15 is 0 Å². The van der Waals surface area contributed by atoms with Crippen LogP contribution in [0.1, 0.15) is 12.5 Å². The van der Waals surface area contributed by atoms with Gasteiger partial charge in [0.1, 0.15) is 5.75 Å². The molecule has 1 aromatic rings. The van der Waals surface area contributed by atoms with Crippen LogP contribution < -0.4 is 0 Å². The number of carbonyl (C=O) groups is 2. The summed E-state index contributed by atoms with van der Waals surface area (Å²) in [5.74, 6) is -2.99. The van der Waals surface area contributed by atoms with Gasteiger partial charge in [0, 0.05) is 6.42 Å². The number of aliphatic hydroxyl groups excluding tert-OH is 1. The molecule has 0 heterocycles. The van der Waals surface area contributed by atoms with Gasteiger partial charge in [-0.15, -0.1) is 0 Å². The monoisotopic (exact) mass is 284 g/mol. The van der Waals surface area contributed by atoms with Crippen LogP contribution in [0.5, 0.6) is 5.75 Å². The molecule has 0 saturated heterocycles. The number of carboxylic acids is 1. The van der Waals surface area contributed by atoms with Crippen LogP contribution in [0.3, 0.4) is 0 Å². The number of hydrogen-bond acceptors (Lipinski definition) is 6. The van der Waals surface area contributed by atoms with Crippen molar-refractivity contribution in [3.63, 3.8) is 0 Å². The van der Waals surface area contributed by atoms with Crippen LogP contribution in [-0.4, -0.2) is 50.7 Å². The largest absolute Gasteiger partial charge is 0.508 e. The summed E-state index contributed by atoms with van der Waals surface area (Å²) in [6.45, 7) is 1.44. The zero-order valence-electron chi connectivity index (χ0n) is 10.8. The Morgan fingerprint density at radius 1 is 1.30 bits per heavy atom. The van der Waals surface area contributed by atoms with Crippen LogP contribution in [0.2, 0.25) is 0 Å². The predicted octanol–water partition coefficient (Wildman–Crippen LogP) is -0.326. The quantitative estimate of drug-likeness (QED) is 0.527. The minimum absolute atomic E-state index is 0.0291. The number of hydrogen-bond donors (Lipinski definition) is 4. The first-order chi connectivity index (χ1) is 9.31. The Morgan fingerprint density at radius 2 is 1.85 bits per heavy atom. The maximum absolute atomic E-state index is 11.4. The lowest BCUT2D eigenvalue weighted by molar-refractivity contribution is -0.186. The molecule has 0 bridgehead atoms. The number of aliphatic carboxylic acids is 1. The normalized spacial score (nSPS) is 15.2. The highest BCUT2D eigenvalue weighted by atomic mass is 16.6. The Morgan fingerprint density at radius 3 is 2.30 bits per heavy atom. The lowest BCUT2D eigenvalue weighted by Crippen LogP contribution is -2.55. The molecule has 0 aromatic heterocycles. The Bertz CT molecular complexity index is 482. The first kappa shape index (κ1) is 15.9. The molecule has 7 nitrogen and oxygen atoms in total. The van der Waals surface area contributed by atoms with Crippen LogP contribution in [0.25, 0.3) is 0 Å². The highest BCUT2D eigenvalue weighted by Gasteiger charge is 2.48. The fourth-order valence-corrected chi connectivity index (χ4v) is 1.63. The average Bonchev–Trinajstić information content (AvgIpc) is 2.40. The van der Waals surface area contributed by atoms with Gasteiger partial charge < -0.3 is 25.2 Å². The van der Waals surface area contributed by atoms with Gasteiger partial charge in [-0.05, 0) is 24.6 Å². The summed E-state index contributed by atoms with van der Waals surface area (Å²) in [4.78, 5) is 22.6. The van der Waals surface area contributed by atoms with Gasteiger partial charge in [-0.2, -0.15) is 0 Å². The zero-order valence-corrected chi connectivity index (χ0v) is 10.8. The molecule has 0 spiro atoms. The molecule has 4 N–H and O–H groups in total. The molecule has 1 aromatic carbocycles. The molecule has 0 radical (unpaired) electrons. The lowest BCUT2D eigenvalue weighted by Gasteiger charge is -2.27. The number of benzene rings is 1. The molecular weight excluding hydrogens is 268 g/mol. The number of esters is 1. The van der Waals surface area contributed by atoms with Crippen molar-refractivity contribution in [3.05, 3.63) is 29.8 Å². The third-order valence-electron chi connectivity index (χ3n) is 2.74. The zero-order chi connectivity index (χ0) is 15.3. The van der Waals surface area contributed by atoms with E-state index in [0.29, 0.717) is 5.56 Å². The molecule has 0 aliphatic carbocycles. The van der Waals surface area contributed by atoms with Crippen molar-refractivity contribution in [1.29, 1.82) is 0 Å². The van der Waals surface area contributed by atoms with E-state index in [-0.39, 0.29) is 12.4 Å². The highest BCUT2D eigenvalue weighted by Crippen LogP contribution is 2.21. The molecule has 0 saturated carbocycles. The minimum Gasteiger partial charge on any atom is -0.508 e. The average molecular weight is 284 g/mol. The number of carbonyl (C=O) groups excluding carboxylic acids is 1. The number of aromatic hydroxyl groups is 1. The van der Waals surface area contributed by atoms with E-state index in [4.69, 9.17) is 10.2 Å². The standard InChI is InChI=1S/C13H16O7/c1-2-20-11(16)10(15)13(19,12(17)18)7-8-3-5-9(14)6-4-8/h3-6,10,14-15,19H,2,7H2,1H3,(H,17,18). The molecule has 110 valence electrons. The minimum atomic E-state index is -2.71. The maximum atomic E-state index is 11.4. The van der Waals surface area contributed by atoms with E-state index in [9.17, 15) is 19.8 Å². The van der Waals surface area contributed by atoms with Crippen molar-refractivity contribution in [3.8, 4) is 5.75 Å². The maximum Gasteiger partial charge on any atom is 0.339 e. The summed E-state index contributed by atoms with van der Waals surface area (Å²) in [5, 5.41) is 38.0. The predicted molar refractivity (Wildman–Crippen MR) is 67.0 cm³/mol. The number of rotatable bonds is 6. The Balaban J connectivity index is 2.99. The smallest absolute Gasteiger partial charge is 0.339 e. The van der Waals surface area contributed by atoms with E-state index in [1.165, 1.54) is 31.2 Å². The highest BCUT2D eigenvalue weighted by molar-refractivity contribution is 5.88. The molecule has 2 atom stereocenters. The summed E-state index contributed by atoms with van der Waals surface area (Å²) < 4.78 is 4.50. The van der Waals surface area contributed by atoms with Crippen LogP contribution >= 0.6 is 0 Å². The third kappa shape index (κ3) is 3.46. The molecule has 2 unspecified atom stereocenters. The van der Waals surface area contributed by atoms with Crippen molar-refractivity contribution >= 4 is 11.9 Å². The first-order valence-electron chi connectivity index (χ1n) is 5.89. The Hall–Kier alpha value is -2.12. The van der Waals surface area contributed by atoms with E-state index in [2.05, 4.69) is 4.74 Å². The van der Waals surface area contributed by atoms with Gasteiger partial charge in [-0.1, -0.05) is 12.1 Å². The molecule has 0 aliphatic heterocycles. The van der Waals surface area contributed by atoms with Crippen molar-refractivity contribution in [2.75, 3.05) is 6.61 Å². The molecule has 0 aliphatic rings. The van der Waals surface area contributed by atoms with E-state index in [1.807, 2.05) is 0 Å². The summed E-state index contributed by atoms with van der Waals surface area (Å²) in [7, 11) is 0.